The van der Waals surface area contributed by atoms with E-state index in [1.54, 1.807) is 12.1 Å². The fourth-order valence-electron chi connectivity index (χ4n) is 3.64. The first-order valence-electron chi connectivity index (χ1n) is 8.02. The molecule has 1 fully saturated rings. The van der Waals surface area contributed by atoms with Crippen LogP contribution in [0.2, 0.25) is 4.34 Å². The third-order valence-corrected chi connectivity index (χ3v) is 6.07. The molecule has 1 unspecified atom stereocenters. The number of benzene rings is 1. The topological polar surface area (TPSA) is 66.5 Å². The fourth-order valence-corrected chi connectivity index (χ4v) is 4.61. The number of nitrogens with one attached hydrogen (secondary N) is 1. The van der Waals surface area contributed by atoms with E-state index in [0.717, 1.165) is 40.2 Å². The van der Waals surface area contributed by atoms with Gasteiger partial charge in [0.25, 0.3) is 5.91 Å². The van der Waals surface area contributed by atoms with Gasteiger partial charge in [-0.3, -0.25) is 14.5 Å². The lowest BCUT2D eigenvalue weighted by molar-refractivity contribution is -0.131. The Morgan fingerprint density at radius 2 is 2.04 bits per heavy atom. The van der Waals surface area contributed by atoms with Gasteiger partial charge in [-0.25, -0.2) is 4.79 Å². The van der Waals surface area contributed by atoms with Crippen LogP contribution in [0, 0.1) is 0 Å². The summed E-state index contributed by atoms with van der Waals surface area (Å²) >= 11 is 7.00. The molecule has 1 aliphatic carbocycles. The largest absolute Gasteiger partial charge is 0.325 e. The average molecular weight is 375 g/mol. The number of carbonyl (C=O) groups excluding carboxylic acids is 3. The normalized spacial score (nSPS) is 22.2. The zero-order chi connectivity index (χ0) is 17.6. The third kappa shape index (κ3) is 2.56. The first kappa shape index (κ1) is 16.3. The second-order valence-electron chi connectivity index (χ2n) is 6.26. The fraction of sp³-hybridized carbons (Fsp3) is 0.278. The summed E-state index contributed by atoms with van der Waals surface area (Å²) in [6.45, 7) is -0.272. The number of fused-ring (bicyclic) bond motifs is 2. The Hall–Kier alpha value is -2.18. The highest BCUT2D eigenvalue weighted by molar-refractivity contribution is 7.18. The second-order valence-corrected chi connectivity index (χ2v) is 7.98. The van der Waals surface area contributed by atoms with Crippen LogP contribution < -0.4 is 5.32 Å². The smallest absolute Gasteiger partial charge is 0.319 e. The monoisotopic (exact) mass is 374 g/mol. The van der Waals surface area contributed by atoms with E-state index >= 15 is 0 Å². The van der Waals surface area contributed by atoms with Gasteiger partial charge in [-0.2, -0.15) is 0 Å². The molecule has 3 amide bonds. The summed E-state index contributed by atoms with van der Waals surface area (Å²) in [5.41, 5.74) is 0.869. The Morgan fingerprint density at radius 1 is 1.24 bits per heavy atom. The van der Waals surface area contributed by atoms with Crippen molar-refractivity contribution in [2.75, 3.05) is 6.54 Å². The van der Waals surface area contributed by atoms with Gasteiger partial charge in [-0.05, 0) is 42.5 Å². The van der Waals surface area contributed by atoms with E-state index in [-0.39, 0.29) is 18.2 Å². The number of Topliss-reactive ketones (excluding diaryl/α,β-unsaturated/α-hetero) is 1. The molecule has 1 spiro atoms. The Balaban J connectivity index is 1.64. The second kappa shape index (κ2) is 5.97. The van der Waals surface area contributed by atoms with Crippen molar-refractivity contribution in [2.24, 2.45) is 0 Å². The number of aryl methyl sites for hydroxylation is 1. The number of thiophene rings is 1. The lowest BCUT2D eigenvalue weighted by Crippen LogP contribution is -2.46. The first-order chi connectivity index (χ1) is 12.0. The van der Waals surface area contributed by atoms with E-state index in [9.17, 15) is 14.4 Å². The van der Waals surface area contributed by atoms with Crippen LogP contribution >= 0.6 is 22.9 Å². The lowest BCUT2D eigenvalue weighted by Gasteiger charge is -2.33. The summed E-state index contributed by atoms with van der Waals surface area (Å²) < 4.78 is 0.498. The number of urea groups is 1. The number of ketones is 1. The van der Waals surface area contributed by atoms with Gasteiger partial charge in [-0.15, -0.1) is 11.3 Å². The molecule has 2 aliphatic rings. The molecule has 1 aliphatic heterocycles. The average Bonchev–Trinajstić information content (AvgIpc) is 3.13. The molecule has 25 heavy (non-hydrogen) atoms. The molecule has 1 aromatic heterocycles. The number of nitrogens with zero attached hydrogens (tertiary/aromatic N) is 1. The molecule has 2 heterocycles. The molecule has 0 bridgehead atoms. The standard InChI is InChI=1S/C18H15ClN2O3S/c19-15-8-7-14(25-15)13(22)10-21-16(23)18(20-17(21)24)9-3-5-11-4-1-2-6-12(11)18/h1-2,4,6-8H,3,5,9-10H2,(H,20,24). The molecule has 1 aromatic carbocycles. The van der Waals surface area contributed by atoms with Gasteiger partial charge >= 0.3 is 6.03 Å². The summed E-state index contributed by atoms with van der Waals surface area (Å²) in [4.78, 5) is 39.4. The molecule has 1 atom stereocenters. The van der Waals surface area contributed by atoms with Gasteiger partial charge in [0, 0.05) is 0 Å². The minimum Gasteiger partial charge on any atom is -0.319 e. The number of imide groups is 1. The zero-order valence-corrected chi connectivity index (χ0v) is 14.8. The van der Waals surface area contributed by atoms with E-state index in [0.29, 0.717) is 15.6 Å². The number of hydrogen-bond donors (Lipinski definition) is 1. The Labute approximate surface area is 153 Å². The molecule has 128 valence electrons. The van der Waals surface area contributed by atoms with E-state index < -0.39 is 11.6 Å². The molecule has 0 saturated carbocycles. The molecule has 4 rings (SSSR count). The minimum atomic E-state index is -1.04. The molecule has 7 heteroatoms. The number of rotatable bonds is 3. The predicted octanol–water partition coefficient (Wildman–Crippen LogP) is 3.37. The van der Waals surface area contributed by atoms with Crippen LogP contribution in [0.15, 0.2) is 36.4 Å². The van der Waals surface area contributed by atoms with Crippen LogP contribution in [-0.4, -0.2) is 29.2 Å². The van der Waals surface area contributed by atoms with Crippen LogP contribution in [0.5, 0.6) is 0 Å². The maximum absolute atomic E-state index is 13.1. The van der Waals surface area contributed by atoms with Crippen molar-refractivity contribution in [3.63, 3.8) is 0 Å². The maximum Gasteiger partial charge on any atom is 0.325 e. The van der Waals surface area contributed by atoms with Crippen molar-refractivity contribution in [3.05, 3.63) is 56.7 Å². The van der Waals surface area contributed by atoms with Gasteiger partial charge in [0.15, 0.2) is 5.78 Å². The molecule has 0 radical (unpaired) electrons. The van der Waals surface area contributed by atoms with E-state index in [2.05, 4.69) is 5.32 Å². The molecule has 2 aromatic rings. The van der Waals surface area contributed by atoms with E-state index in [1.807, 2.05) is 24.3 Å². The van der Waals surface area contributed by atoms with Gasteiger partial charge in [0.2, 0.25) is 0 Å². The van der Waals surface area contributed by atoms with Crippen molar-refractivity contribution in [1.29, 1.82) is 0 Å². The lowest BCUT2D eigenvalue weighted by atomic mass is 9.76. The highest BCUT2D eigenvalue weighted by Gasteiger charge is 2.54. The van der Waals surface area contributed by atoms with Gasteiger partial charge in [0.1, 0.15) is 5.54 Å². The van der Waals surface area contributed by atoms with Crippen molar-refractivity contribution >= 4 is 40.7 Å². The van der Waals surface area contributed by atoms with Crippen LogP contribution in [0.25, 0.3) is 0 Å². The summed E-state index contributed by atoms with van der Waals surface area (Å²) in [6.07, 6.45) is 2.24. The summed E-state index contributed by atoms with van der Waals surface area (Å²) in [7, 11) is 0. The van der Waals surface area contributed by atoms with E-state index in [1.165, 1.54) is 0 Å². The van der Waals surface area contributed by atoms with E-state index in [4.69, 9.17) is 11.6 Å². The number of carbonyl (C=O) groups is 3. The van der Waals surface area contributed by atoms with Gasteiger partial charge in [0.05, 0.1) is 15.8 Å². The summed E-state index contributed by atoms with van der Waals surface area (Å²) in [5.74, 6) is -0.637. The summed E-state index contributed by atoms with van der Waals surface area (Å²) in [6, 6.07) is 10.4. The van der Waals surface area contributed by atoms with Crippen molar-refractivity contribution in [3.8, 4) is 0 Å². The highest BCUT2D eigenvalue weighted by Crippen LogP contribution is 2.40. The predicted molar refractivity (Wildman–Crippen MR) is 95.0 cm³/mol. The Bertz CT molecular complexity index is 894. The van der Waals surface area contributed by atoms with Crippen molar-refractivity contribution in [2.45, 2.75) is 24.8 Å². The van der Waals surface area contributed by atoms with Gasteiger partial charge < -0.3 is 5.32 Å². The van der Waals surface area contributed by atoms with Crippen LogP contribution in [0.1, 0.15) is 33.6 Å². The SMILES string of the molecule is O=C(CN1C(=O)NC2(CCCc3ccccc32)C1=O)c1ccc(Cl)s1. The minimum absolute atomic E-state index is 0.272. The van der Waals surface area contributed by atoms with Crippen molar-refractivity contribution < 1.29 is 14.4 Å². The Kier molecular flexibility index (Phi) is 3.89. The molecular formula is C18H15ClN2O3S. The first-order valence-corrected chi connectivity index (χ1v) is 9.22. The number of halogens is 1. The maximum atomic E-state index is 13.1. The number of amides is 3. The van der Waals surface area contributed by atoms with Crippen molar-refractivity contribution in [1.82, 2.24) is 10.2 Å². The third-order valence-electron chi connectivity index (χ3n) is 4.80. The zero-order valence-electron chi connectivity index (χ0n) is 13.3. The number of hydrogen-bond acceptors (Lipinski definition) is 4. The molecule has 1 N–H and O–H groups in total. The van der Waals surface area contributed by atoms with Crippen LogP contribution in [-0.2, 0) is 16.8 Å². The van der Waals surface area contributed by atoms with Gasteiger partial charge in [-0.1, -0.05) is 35.9 Å². The Morgan fingerprint density at radius 3 is 2.80 bits per heavy atom. The van der Waals surface area contributed by atoms with Crippen LogP contribution in [0.4, 0.5) is 4.79 Å². The molecular weight excluding hydrogens is 360 g/mol. The molecule has 1 saturated heterocycles. The highest BCUT2D eigenvalue weighted by atomic mass is 35.5. The van der Waals surface area contributed by atoms with Crippen LogP contribution in [0.3, 0.4) is 0 Å². The quantitative estimate of drug-likeness (QED) is 0.661. The summed E-state index contributed by atoms with van der Waals surface area (Å²) in [5, 5.41) is 2.85. The molecule has 5 nitrogen and oxygen atoms in total.